The molecule has 0 spiro atoms. The number of para-hydroxylation sites is 1. The third-order valence-electron chi connectivity index (χ3n) is 2.50. The summed E-state index contributed by atoms with van der Waals surface area (Å²) in [7, 11) is 0. The number of phenolic OH excluding ortho intramolecular Hbond substituents is 1. The summed E-state index contributed by atoms with van der Waals surface area (Å²) >= 11 is 8.16. The van der Waals surface area contributed by atoms with Gasteiger partial charge < -0.3 is 5.11 Å². The van der Waals surface area contributed by atoms with Gasteiger partial charge in [0.2, 0.25) is 5.75 Å². The van der Waals surface area contributed by atoms with Gasteiger partial charge in [-0.25, -0.2) is 0 Å². The van der Waals surface area contributed by atoms with E-state index in [-0.39, 0.29) is 11.3 Å². The summed E-state index contributed by atoms with van der Waals surface area (Å²) < 4.78 is 0.977. The Bertz CT molecular complexity index is 704. The Kier molecular flexibility index (Phi) is 4.56. The van der Waals surface area contributed by atoms with Crippen LogP contribution in [0.25, 0.3) is 0 Å². The number of nitro benzene ring substituents is 1. The molecule has 5 nitrogen and oxygen atoms in total. The molecule has 0 aliphatic rings. The molecule has 102 valence electrons. The van der Waals surface area contributed by atoms with E-state index >= 15 is 0 Å². The van der Waals surface area contributed by atoms with E-state index in [2.05, 4.69) is 27.6 Å². The second kappa shape index (κ2) is 6.19. The Morgan fingerprint density at radius 1 is 1.35 bits per heavy atom. The van der Waals surface area contributed by atoms with Crippen molar-refractivity contribution in [3.63, 3.8) is 0 Å². The smallest absolute Gasteiger partial charge is 0.311 e. The van der Waals surface area contributed by atoms with Gasteiger partial charge in [-0.15, -0.1) is 0 Å². The average molecular weight is 403 g/mol. The summed E-state index contributed by atoms with van der Waals surface area (Å²) in [6.45, 7) is 0. The lowest BCUT2D eigenvalue weighted by molar-refractivity contribution is -0.385. The van der Waals surface area contributed by atoms with Gasteiger partial charge in [0.1, 0.15) is 0 Å². The first-order valence-electron chi connectivity index (χ1n) is 5.44. The molecule has 0 atom stereocenters. The second-order valence-electron chi connectivity index (χ2n) is 3.83. The van der Waals surface area contributed by atoms with Crippen molar-refractivity contribution in [3.05, 3.63) is 60.7 Å². The number of nitro groups is 1. The van der Waals surface area contributed by atoms with Crippen molar-refractivity contribution < 1.29 is 10.0 Å². The fourth-order valence-corrected chi connectivity index (χ4v) is 2.43. The number of aliphatic imine (C=N–C) groups is 1. The molecule has 2 aromatic carbocycles. The first-order valence-corrected chi connectivity index (χ1v) is 6.90. The fourth-order valence-electron chi connectivity index (χ4n) is 1.53. The minimum absolute atomic E-state index is 0.258. The van der Waals surface area contributed by atoms with E-state index in [1.165, 1.54) is 24.4 Å². The molecule has 0 fully saturated rings. The van der Waals surface area contributed by atoms with Crippen molar-refractivity contribution in [2.75, 3.05) is 0 Å². The van der Waals surface area contributed by atoms with Crippen LogP contribution in [0.5, 0.6) is 5.75 Å². The van der Waals surface area contributed by atoms with Crippen LogP contribution in [0.4, 0.5) is 11.4 Å². The summed E-state index contributed by atoms with van der Waals surface area (Å²) in [6.07, 6.45) is 1.34. The Hall–Kier alpha value is -1.67. The van der Waals surface area contributed by atoms with Crippen LogP contribution in [0, 0.1) is 13.7 Å². The Balaban J connectivity index is 2.37. The van der Waals surface area contributed by atoms with E-state index < -0.39 is 10.7 Å². The monoisotopic (exact) mass is 402 g/mol. The summed E-state index contributed by atoms with van der Waals surface area (Å²) in [5.74, 6) is -0.414. The van der Waals surface area contributed by atoms with Crippen molar-refractivity contribution in [2.45, 2.75) is 0 Å². The molecule has 0 aliphatic carbocycles. The van der Waals surface area contributed by atoms with E-state index in [0.717, 1.165) is 3.57 Å². The third-order valence-corrected chi connectivity index (χ3v) is 3.47. The lowest BCUT2D eigenvalue weighted by Crippen LogP contribution is -1.91. The molecule has 0 radical (unpaired) electrons. The molecule has 2 rings (SSSR count). The zero-order valence-corrected chi connectivity index (χ0v) is 12.9. The lowest BCUT2D eigenvalue weighted by atomic mass is 10.2. The minimum Gasteiger partial charge on any atom is -0.502 e. The Morgan fingerprint density at radius 2 is 2.10 bits per heavy atom. The predicted octanol–water partition coefficient (Wildman–Crippen LogP) is 4.31. The molecular formula is C13H8ClIN2O3. The van der Waals surface area contributed by atoms with Crippen LogP contribution < -0.4 is 0 Å². The SMILES string of the molecule is O=[N+]([O-])c1cccc(C=Nc2ccc(I)cc2Cl)c1O. The molecule has 2 aromatic rings. The van der Waals surface area contributed by atoms with E-state index in [1.54, 1.807) is 12.1 Å². The van der Waals surface area contributed by atoms with Gasteiger partial charge in [-0.3, -0.25) is 15.1 Å². The molecule has 0 amide bonds. The highest BCUT2D eigenvalue weighted by atomic mass is 127. The number of benzene rings is 2. The maximum absolute atomic E-state index is 10.7. The van der Waals surface area contributed by atoms with Crippen LogP contribution >= 0.6 is 34.2 Å². The molecule has 1 N–H and O–H groups in total. The first kappa shape index (κ1) is 14.7. The molecule has 7 heteroatoms. The molecule has 0 unspecified atom stereocenters. The number of hydrogen-bond acceptors (Lipinski definition) is 4. The van der Waals surface area contributed by atoms with Crippen LogP contribution in [0.15, 0.2) is 41.4 Å². The first-order chi connectivity index (χ1) is 9.49. The van der Waals surface area contributed by atoms with Crippen molar-refractivity contribution >= 4 is 51.8 Å². The van der Waals surface area contributed by atoms with Gasteiger partial charge in [-0.2, -0.15) is 0 Å². The number of rotatable bonds is 3. The molecule has 20 heavy (non-hydrogen) atoms. The number of halogens is 2. The highest BCUT2D eigenvalue weighted by Crippen LogP contribution is 2.30. The molecule has 0 saturated heterocycles. The molecule has 0 aromatic heterocycles. The van der Waals surface area contributed by atoms with Gasteiger partial charge >= 0.3 is 5.69 Å². The second-order valence-corrected chi connectivity index (χ2v) is 5.48. The highest BCUT2D eigenvalue weighted by Gasteiger charge is 2.15. The molecule has 0 aliphatic heterocycles. The molecule has 0 heterocycles. The van der Waals surface area contributed by atoms with Crippen LogP contribution in [-0.2, 0) is 0 Å². The molecule has 0 bridgehead atoms. The van der Waals surface area contributed by atoms with Gasteiger partial charge in [-0.05, 0) is 46.9 Å². The summed E-state index contributed by atoms with van der Waals surface area (Å²) in [4.78, 5) is 14.2. The average Bonchev–Trinajstić information content (AvgIpc) is 2.39. The van der Waals surface area contributed by atoms with Gasteiger partial charge in [0.05, 0.1) is 15.6 Å². The van der Waals surface area contributed by atoms with Gasteiger partial charge in [-0.1, -0.05) is 17.7 Å². The largest absolute Gasteiger partial charge is 0.502 e. The molecular weight excluding hydrogens is 395 g/mol. The Labute approximate surface area is 133 Å². The predicted molar refractivity (Wildman–Crippen MR) is 86.2 cm³/mol. The summed E-state index contributed by atoms with van der Waals surface area (Å²) in [5.41, 5.74) is 0.425. The Morgan fingerprint density at radius 3 is 2.75 bits per heavy atom. The fraction of sp³-hybridized carbons (Fsp3) is 0. The van der Waals surface area contributed by atoms with Gasteiger partial charge in [0.25, 0.3) is 0 Å². The van der Waals surface area contributed by atoms with Crippen LogP contribution in [-0.4, -0.2) is 16.2 Å². The van der Waals surface area contributed by atoms with Crippen LogP contribution in [0.2, 0.25) is 5.02 Å². The quantitative estimate of drug-likeness (QED) is 0.360. The van der Waals surface area contributed by atoms with Gasteiger partial charge in [0.15, 0.2) is 0 Å². The van der Waals surface area contributed by atoms with Crippen molar-refractivity contribution in [3.8, 4) is 5.75 Å². The van der Waals surface area contributed by atoms with Gasteiger partial charge in [0, 0.05) is 21.4 Å². The van der Waals surface area contributed by atoms with E-state index in [4.69, 9.17) is 11.6 Å². The summed E-state index contributed by atoms with van der Waals surface area (Å²) in [5, 5.41) is 21.0. The third kappa shape index (κ3) is 3.26. The number of phenols is 1. The number of hydrogen-bond donors (Lipinski definition) is 1. The zero-order chi connectivity index (χ0) is 14.7. The summed E-state index contributed by atoms with van der Waals surface area (Å²) in [6, 6.07) is 9.56. The topological polar surface area (TPSA) is 75.7 Å². The van der Waals surface area contributed by atoms with Crippen molar-refractivity contribution in [1.29, 1.82) is 0 Å². The number of aromatic hydroxyl groups is 1. The standard InChI is InChI=1S/C13H8ClIN2O3/c14-10-6-9(15)4-5-11(10)16-7-8-2-1-3-12(13(8)18)17(19)20/h1-7,18H. The normalized spacial score (nSPS) is 10.9. The maximum Gasteiger partial charge on any atom is 0.311 e. The van der Waals surface area contributed by atoms with E-state index in [9.17, 15) is 15.2 Å². The highest BCUT2D eigenvalue weighted by molar-refractivity contribution is 14.1. The van der Waals surface area contributed by atoms with Crippen molar-refractivity contribution in [2.24, 2.45) is 4.99 Å². The lowest BCUT2D eigenvalue weighted by Gasteiger charge is -2.01. The van der Waals surface area contributed by atoms with Crippen LogP contribution in [0.3, 0.4) is 0 Å². The zero-order valence-electron chi connectivity index (χ0n) is 9.96. The van der Waals surface area contributed by atoms with E-state index in [1.807, 2.05) is 6.07 Å². The van der Waals surface area contributed by atoms with Crippen LogP contribution in [0.1, 0.15) is 5.56 Å². The minimum atomic E-state index is -0.648. The number of nitrogens with zero attached hydrogens (tertiary/aromatic N) is 2. The molecule has 0 saturated carbocycles. The van der Waals surface area contributed by atoms with Crippen molar-refractivity contribution in [1.82, 2.24) is 0 Å². The van der Waals surface area contributed by atoms with E-state index in [0.29, 0.717) is 10.7 Å². The maximum atomic E-state index is 10.7.